The van der Waals surface area contributed by atoms with Gasteiger partial charge in [0.15, 0.2) is 6.23 Å². The number of carbonyl (C=O) groups excluding carboxylic acids is 2. The first kappa shape index (κ1) is 21.0. The minimum absolute atomic E-state index is 0.0722. The molecule has 9 nitrogen and oxygen atoms in total. The molecule has 2 aliphatic rings. The van der Waals surface area contributed by atoms with Gasteiger partial charge in [0, 0.05) is 46.9 Å². The van der Waals surface area contributed by atoms with Gasteiger partial charge >= 0.3 is 6.03 Å². The van der Waals surface area contributed by atoms with Crippen molar-refractivity contribution in [3.05, 3.63) is 47.3 Å². The second-order valence-electron chi connectivity index (χ2n) is 8.00. The summed E-state index contributed by atoms with van der Waals surface area (Å²) in [5.41, 5.74) is 10.7. The van der Waals surface area contributed by atoms with E-state index >= 15 is 0 Å². The van der Waals surface area contributed by atoms with Gasteiger partial charge in [-0.15, -0.1) is 0 Å². The molecule has 3 heterocycles. The number of nitrogens with one attached hydrogen (secondary N) is 5. The summed E-state index contributed by atoms with van der Waals surface area (Å²) in [4.78, 5) is 26.8. The van der Waals surface area contributed by atoms with E-state index in [9.17, 15) is 14.7 Å². The molecule has 0 spiro atoms. The molecule has 1 aromatic carbocycles. The predicted molar refractivity (Wildman–Crippen MR) is 120 cm³/mol. The largest absolute Gasteiger partial charge is 0.369 e. The molecule has 3 amide bonds. The maximum atomic E-state index is 12.4. The quantitative estimate of drug-likeness (QED) is 0.391. The molecular weight excluding hydrogens is 396 g/mol. The first-order valence-corrected chi connectivity index (χ1v) is 10.4. The Hall–Kier alpha value is -3.30. The highest BCUT2D eigenvalue weighted by Gasteiger charge is 2.27. The Bertz CT molecular complexity index is 1020. The monoisotopic (exact) mass is 424 g/mol. The Labute approximate surface area is 180 Å². The molecule has 2 aliphatic heterocycles. The maximum Gasteiger partial charge on any atom is 0.316 e. The van der Waals surface area contributed by atoms with Gasteiger partial charge in [-0.3, -0.25) is 4.79 Å². The summed E-state index contributed by atoms with van der Waals surface area (Å²) < 4.78 is 0. The van der Waals surface area contributed by atoms with Crippen molar-refractivity contribution < 1.29 is 14.7 Å². The zero-order valence-electron chi connectivity index (χ0n) is 17.4. The van der Waals surface area contributed by atoms with E-state index in [0.717, 1.165) is 59.6 Å². The normalized spacial score (nSPS) is 20.0. The van der Waals surface area contributed by atoms with Crippen LogP contribution in [0.3, 0.4) is 0 Å². The van der Waals surface area contributed by atoms with Gasteiger partial charge < -0.3 is 37.1 Å². The van der Waals surface area contributed by atoms with Crippen LogP contribution in [0.2, 0.25) is 0 Å². The van der Waals surface area contributed by atoms with Crippen molar-refractivity contribution in [2.45, 2.75) is 32.5 Å². The minimum Gasteiger partial charge on any atom is -0.369 e. The van der Waals surface area contributed by atoms with E-state index < -0.39 is 12.3 Å². The number of aromatic amines is 1. The fourth-order valence-electron chi connectivity index (χ4n) is 4.21. The molecule has 31 heavy (non-hydrogen) atoms. The zero-order chi connectivity index (χ0) is 22.0. The van der Waals surface area contributed by atoms with E-state index in [1.54, 1.807) is 18.2 Å². The van der Waals surface area contributed by atoms with Crippen molar-refractivity contribution in [2.75, 3.05) is 23.7 Å². The van der Waals surface area contributed by atoms with E-state index in [2.05, 4.69) is 26.3 Å². The molecule has 1 aromatic heterocycles. The van der Waals surface area contributed by atoms with Gasteiger partial charge in [-0.2, -0.15) is 0 Å². The summed E-state index contributed by atoms with van der Waals surface area (Å²) in [6, 6.07) is 6.63. The molecule has 1 atom stereocenters. The highest BCUT2D eigenvalue weighted by molar-refractivity contribution is 6.00. The summed E-state index contributed by atoms with van der Waals surface area (Å²) in [5, 5.41) is 22.5. The highest BCUT2D eigenvalue weighted by atomic mass is 16.3. The summed E-state index contributed by atoms with van der Waals surface area (Å²) in [7, 11) is 0. The highest BCUT2D eigenvalue weighted by Crippen LogP contribution is 2.40. The molecule has 1 fully saturated rings. The van der Waals surface area contributed by atoms with Crippen LogP contribution in [0.25, 0.3) is 11.1 Å². The molecule has 0 saturated carbocycles. The molecular formula is C22H28N6O3. The Balaban J connectivity index is 1.51. The Morgan fingerprint density at radius 1 is 1.23 bits per heavy atom. The van der Waals surface area contributed by atoms with Crippen LogP contribution in [-0.2, 0) is 11.3 Å². The van der Waals surface area contributed by atoms with Crippen LogP contribution in [-0.4, -0.2) is 41.3 Å². The van der Waals surface area contributed by atoms with E-state index in [1.165, 1.54) is 0 Å². The number of hydrogen-bond donors (Lipinski definition) is 7. The number of amides is 3. The lowest BCUT2D eigenvalue weighted by Gasteiger charge is -2.21. The van der Waals surface area contributed by atoms with Crippen LogP contribution in [0.5, 0.6) is 0 Å². The fraction of sp³-hybridized carbons (Fsp3) is 0.364. The van der Waals surface area contributed by atoms with Crippen LogP contribution >= 0.6 is 0 Å². The number of carbonyl (C=O) groups is 2. The summed E-state index contributed by atoms with van der Waals surface area (Å²) >= 11 is 0. The predicted octanol–water partition coefficient (Wildman–Crippen LogP) is 1.80. The first-order valence-electron chi connectivity index (χ1n) is 10.4. The van der Waals surface area contributed by atoms with Crippen molar-refractivity contribution in [1.29, 1.82) is 0 Å². The van der Waals surface area contributed by atoms with Crippen LogP contribution in [0.1, 0.15) is 36.6 Å². The van der Waals surface area contributed by atoms with Gasteiger partial charge in [-0.25, -0.2) is 4.79 Å². The number of allylic oxidation sites excluding steroid dienone is 1. The Kier molecular flexibility index (Phi) is 5.97. The molecule has 2 aromatic rings. The number of hydrogen-bond acceptors (Lipinski definition) is 5. The molecule has 9 heteroatoms. The third-order valence-corrected chi connectivity index (χ3v) is 5.87. The third kappa shape index (κ3) is 4.57. The average molecular weight is 425 g/mol. The lowest BCUT2D eigenvalue weighted by molar-refractivity contribution is -0.125. The van der Waals surface area contributed by atoms with Gasteiger partial charge in [-0.05, 0) is 68.3 Å². The standard InChI is InChI=1S/C22H28N6O3/c1-12(19-16-9-15(27-22(23)31)2-3-17(16)28-21(19)30)18-8-13(10-25-18)11-26-20(29)14-4-6-24-7-5-14/h2-3,8-10,14,21,24-25,28,30H,4-7,11H2,1H3,(H,26,29)(H3,23,27,31)/b19-12+. The second-order valence-corrected chi connectivity index (χ2v) is 8.00. The number of piperidine rings is 1. The lowest BCUT2D eigenvalue weighted by atomic mass is 9.97. The molecule has 164 valence electrons. The molecule has 1 unspecified atom stereocenters. The fourth-order valence-corrected chi connectivity index (χ4v) is 4.21. The van der Waals surface area contributed by atoms with Gasteiger partial charge in [0.2, 0.25) is 5.91 Å². The van der Waals surface area contributed by atoms with Crippen molar-refractivity contribution >= 4 is 34.5 Å². The van der Waals surface area contributed by atoms with Gasteiger partial charge in [0.05, 0.1) is 0 Å². The van der Waals surface area contributed by atoms with Crippen molar-refractivity contribution in [3.8, 4) is 0 Å². The van der Waals surface area contributed by atoms with Crippen molar-refractivity contribution in [1.82, 2.24) is 15.6 Å². The van der Waals surface area contributed by atoms with Crippen LogP contribution in [0.4, 0.5) is 16.2 Å². The minimum atomic E-state index is -0.870. The first-order chi connectivity index (χ1) is 14.9. The van der Waals surface area contributed by atoms with Gasteiger partial charge in [-0.1, -0.05) is 0 Å². The molecule has 4 rings (SSSR count). The molecule has 0 radical (unpaired) electrons. The smallest absolute Gasteiger partial charge is 0.316 e. The maximum absolute atomic E-state index is 12.4. The van der Waals surface area contributed by atoms with E-state index in [4.69, 9.17) is 5.73 Å². The SMILES string of the molecule is C/C(=C1/c2cc(NC(N)=O)ccc2NC1O)c1cc(CNC(=O)C2CCNCC2)c[nH]1. The second kappa shape index (κ2) is 8.83. The van der Waals surface area contributed by atoms with Gasteiger partial charge in [0.25, 0.3) is 0 Å². The summed E-state index contributed by atoms with van der Waals surface area (Å²) in [6.07, 6.45) is 2.73. The number of fused-ring (bicyclic) bond motifs is 1. The number of benzene rings is 1. The Morgan fingerprint density at radius 3 is 2.74 bits per heavy atom. The zero-order valence-corrected chi connectivity index (χ0v) is 17.4. The molecule has 1 saturated heterocycles. The summed E-state index contributed by atoms with van der Waals surface area (Å²) in [6.45, 7) is 4.14. The van der Waals surface area contributed by atoms with E-state index in [1.807, 2.05) is 19.2 Å². The van der Waals surface area contributed by atoms with Crippen molar-refractivity contribution in [3.63, 3.8) is 0 Å². The molecule has 0 aliphatic carbocycles. The number of aromatic nitrogens is 1. The van der Waals surface area contributed by atoms with Crippen LogP contribution in [0.15, 0.2) is 30.5 Å². The van der Waals surface area contributed by atoms with E-state index in [-0.39, 0.29) is 11.8 Å². The summed E-state index contributed by atoms with van der Waals surface area (Å²) in [5.74, 6) is 0.168. The van der Waals surface area contributed by atoms with Gasteiger partial charge in [0.1, 0.15) is 0 Å². The number of aliphatic hydroxyl groups excluding tert-OH is 1. The van der Waals surface area contributed by atoms with Crippen molar-refractivity contribution in [2.24, 2.45) is 11.7 Å². The number of H-pyrrole nitrogens is 1. The average Bonchev–Trinajstić information content (AvgIpc) is 3.35. The number of anilines is 2. The van der Waals surface area contributed by atoms with Crippen LogP contribution < -0.4 is 27.0 Å². The Morgan fingerprint density at radius 2 is 2.00 bits per heavy atom. The number of rotatable bonds is 5. The van der Waals surface area contributed by atoms with Crippen LogP contribution in [0, 0.1) is 5.92 Å². The van der Waals surface area contributed by atoms with E-state index in [0.29, 0.717) is 12.2 Å². The number of urea groups is 1. The molecule has 0 bridgehead atoms. The number of aliphatic hydroxyl groups is 1. The topological polar surface area (TPSA) is 144 Å². The lowest BCUT2D eigenvalue weighted by Crippen LogP contribution is -2.37. The molecule has 8 N–H and O–H groups in total. The number of nitrogens with two attached hydrogens (primary N) is 1. The third-order valence-electron chi connectivity index (χ3n) is 5.87. The number of primary amides is 1.